The number of nitriles is 1. The minimum atomic E-state index is -1.99. The molecule has 10 heteroatoms. The summed E-state index contributed by atoms with van der Waals surface area (Å²) in [6, 6.07) is 18.4. The van der Waals surface area contributed by atoms with Crippen molar-refractivity contribution in [2.75, 3.05) is 54.4 Å². The number of nitrogens with one attached hydrogen (secondary N) is 1. The fraction of sp³-hybridized carbons (Fsp3) is 0.500. The zero-order valence-electron chi connectivity index (χ0n) is 28.5. The Morgan fingerprint density at radius 2 is 1.76 bits per heavy atom. The van der Waals surface area contributed by atoms with Gasteiger partial charge in [0.25, 0.3) is 5.91 Å². The zero-order chi connectivity index (χ0) is 33.1. The van der Waals surface area contributed by atoms with Crippen LogP contribution in [0.3, 0.4) is 0 Å². The molecular formula is C36H49N7O2Si. The number of hydrogen-bond acceptors (Lipinski definition) is 8. The summed E-state index contributed by atoms with van der Waals surface area (Å²) in [5.74, 6) is 0.925. The number of carbonyl (C=O) groups is 1. The molecule has 2 saturated heterocycles. The predicted molar refractivity (Wildman–Crippen MR) is 188 cm³/mol. The Bertz CT molecular complexity index is 1560. The van der Waals surface area contributed by atoms with E-state index in [9.17, 15) is 10.1 Å². The number of piperazine rings is 1. The van der Waals surface area contributed by atoms with Crippen molar-refractivity contribution >= 4 is 31.4 Å². The molecule has 2 fully saturated rings. The molecule has 2 aromatic heterocycles. The van der Waals surface area contributed by atoms with Gasteiger partial charge in [0.15, 0.2) is 8.32 Å². The van der Waals surface area contributed by atoms with Crippen LogP contribution in [0.4, 0.5) is 17.2 Å². The summed E-state index contributed by atoms with van der Waals surface area (Å²) in [5, 5.41) is 13.3. The number of pyridine rings is 2. The molecule has 1 amide bonds. The Morgan fingerprint density at radius 1 is 1.04 bits per heavy atom. The van der Waals surface area contributed by atoms with E-state index in [0.717, 1.165) is 54.5 Å². The molecule has 46 heavy (non-hydrogen) atoms. The van der Waals surface area contributed by atoms with Gasteiger partial charge in [-0.3, -0.25) is 9.78 Å². The molecule has 0 saturated carbocycles. The van der Waals surface area contributed by atoms with Crippen LogP contribution in [-0.2, 0) is 4.43 Å². The first-order valence-corrected chi connectivity index (χ1v) is 19.4. The molecule has 1 aromatic carbocycles. The third kappa shape index (κ3) is 7.37. The van der Waals surface area contributed by atoms with Crippen molar-refractivity contribution in [3.8, 4) is 6.07 Å². The number of rotatable bonds is 8. The quantitative estimate of drug-likeness (QED) is 0.283. The van der Waals surface area contributed by atoms with Crippen molar-refractivity contribution in [1.82, 2.24) is 14.9 Å². The fourth-order valence-electron chi connectivity index (χ4n) is 6.12. The number of hydrogen-bond donors (Lipinski definition) is 1. The van der Waals surface area contributed by atoms with Crippen LogP contribution in [0.2, 0.25) is 18.1 Å². The molecule has 1 N–H and O–H groups in total. The summed E-state index contributed by atoms with van der Waals surface area (Å²) in [7, 11) is -1.99. The second-order valence-corrected chi connectivity index (χ2v) is 19.0. The topological polar surface area (TPSA) is 97.6 Å². The number of aryl methyl sites for hydroxylation is 2. The predicted octanol–water partition coefficient (Wildman–Crippen LogP) is 6.40. The molecule has 0 radical (unpaired) electrons. The molecule has 0 aliphatic carbocycles. The highest BCUT2D eigenvalue weighted by Crippen LogP contribution is 2.37. The molecule has 0 spiro atoms. The largest absolute Gasteiger partial charge is 0.415 e. The van der Waals surface area contributed by atoms with E-state index in [-0.39, 0.29) is 23.0 Å². The van der Waals surface area contributed by atoms with Gasteiger partial charge in [-0.2, -0.15) is 5.26 Å². The summed E-state index contributed by atoms with van der Waals surface area (Å²) < 4.78 is 6.70. The van der Waals surface area contributed by atoms with Crippen molar-refractivity contribution in [2.45, 2.75) is 77.7 Å². The van der Waals surface area contributed by atoms with Crippen LogP contribution in [0, 0.1) is 25.2 Å². The second kappa shape index (κ2) is 13.8. The van der Waals surface area contributed by atoms with E-state index in [4.69, 9.17) is 9.41 Å². The van der Waals surface area contributed by atoms with E-state index in [1.54, 1.807) is 0 Å². The lowest BCUT2D eigenvalue weighted by Gasteiger charge is -2.44. The van der Waals surface area contributed by atoms with Crippen LogP contribution in [0.1, 0.15) is 60.9 Å². The number of para-hydroxylation sites is 1. The van der Waals surface area contributed by atoms with E-state index in [0.29, 0.717) is 37.4 Å². The highest BCUT2D eigenvalue weighted by molar-refractivity contribution is 6.74. The van der Waals surface area contributed by atoms with Gasteiger partial charge < -0.3 is 24.4 Å². The maximum atomic E-state index is 14.1. The van der Waals surface area contributed by atoms with Crippen molar-refractivity contribution in [3.63, 3.8) is 0 Å². The minimum absolute atomic E-state index is 0.00520. The Morgan fingerprint density at radius 3 is 2.43 bits per heavy atom. The highest BCUT2D eigenvalue weighted by Gasteiger charge is 2.39. The number of amides is 1. The lowest BCUT2D eigenvalue weighted by atomic mass is 10.0. The summed E-state index contributed by atoms with van der Waals surface area (Å²) in [6.45, 7) is 19.3. The van der Waals surface area contributed by atoms with Gasteiger partial charge in [0.2, 0.25) is 0 Å². The van der Waals surface area contributed by atoms with Crippen LogP contribution in [0.15, 0.2) is 54.7 Å². The van der Waals surface area contributed by atoms with E-state index >= 15 is 0 Å². The molecule has 0 unspecified atom stereocenters. The van der Waals surface area contributed by atoms with Crippen molar-refractivity contribution in [2.24, 2.45) is 0 Å². The number of carbonyl (C=O) groups excluding carboxylic acids is 1. The summed E-state index contributed by atoms with van der Waals surface area (Å²) in [4.78, 5) is 30.2. The van der Waals surface area contributed by atoms with Crippen molar-refractivity contribution in [3.05, 3.63) is 77.2 Å². The first-order valence-electron chi connectivity index (χ1n) is 16.5. The summed E-state index contributed by atoms with van der Waals surface area (Å²) >= 11 is 0. The van der Waals surface area contributed by atoms with Gasteiger partial charge in [-0.15, -0.1) is 0 Å². The zero-order valence-corrected chi connectivity index (χ0v) is 29.5. The number of nitrogens with zero attached hydrogens (tertiary/aromatic N) is 6. The molecule has 3 aromatic rings. The van der Waals surface area contributed by atoms with Crippen LogP contribution in [-0.4, -0.2) is 80.5 Å². The minimum Gasteiger partial charge on any atom is -0.415 e. The van der Waals surface area contributed by atoms with E-state index in [2.05, 4.69) is 60.0 Å². The SMILES string of the molecule is Cc1nc(C)c(C(=O)N2CCN(c3ccccn3)[C@H](CO[Si](C)(C)C(C)(C)C)C2)cc1NC1CCN(c2ccccc2C#N)CC1. The third-order valence-electron chi connectivity index (χ3n) is 10.0. The van der Waals surface area contributed by atoms with E-state index in [1.807, 2.05) is 73.5 Å². The van der Waals surface area contributed by atoms with Crippen LogP contribution >= 0.6 is 0 Å². The average molecular weight is 640 g/mol. The molecule has 2 aliphatic heterocycles. The maximum Gasteiger partial charge on any atom is 0.255 e. The Hall–Kier alpha value is -3.94. The molecular weight excluding hydrogens is 591 g/mol. The van der Waals surface area contributed by atoms with Gasteiger partial charge >= 0.3 is 0 Å². The second-order valence-electron chi connectivity index (χ2n) is 14.1. The van der Waals surface area contributed by atoms with E-state index < -0.39 is 8.32 Å². The number of aromatic nitrogens is 2. The number of benzene rings is 1. The van der Waals surface area contributed by atoms with E-state index in [1.165, 1.54) is 0 Å². The molecule has 244 valence electrons. The molecule has 5 rings (SSSR count). The highest BCUT2D eigenvalue weighted by atomic mass is 28.4. The fourth-order valence-corrected chi connectivity index (χ4v) is 7.16. The molecule has 9 nitrogen and oxygen atoms in total. The lowest BCUT2D eigenvalue weighted by molar-refractivity contribution is 0.0699. The van der Waals surface area contributed by atoms with Gasteiger partial charge in [0, 0.05) is 45.0 Å². The molecule has 4 heterocycles. The molecule has 0 bridgehead atoms. The van der Waals surface area contributed by atoms with Gasteiger partial charge in [-0.05, 0) is 75.2 Å². The van der Waals surface area contributed by atoms with Gasteiger partial charge in [-0.25, -0.2) is 4.98 Å². The Balaban J connectivity index is 1.29. The number of piperidine rings is 1. The summed E-state index contributed by atoms with van der Waals surface area (Å²) in [6.07, 6.45) is 3.69. The standard InChI is InChI=1S/C36H49N7O2Si/c1-26-31(22-32(27(2)39-26)40-29-15-18-41(19-16-29)33-13-9-8-12-28(33)23-37)35(44)42-20-21-43(34-14-10-11-17-38-34)30(24-42)25-45-46(6,7)36(3,4)5/h8-14,17,22,29-30,40H,15-16,18-21,24-25H2,1-7H3/t30-/m0/s1. The molecule has 2 aliphatic rings. The van der Waals surface area contributed by atoms with Crippen molar-refractivity contribution < 1.29 is 9.22 Å². The van der Waals surface area contributed by atoms with Crippen LogP contribution < -0.4 is 15.1 Å². The molecule has 1 atom stereocenters. The first-order chi connectivity index (χ1) is 21.9. The monoisotopic (exact) mass is 639 g/mol. The van der Waals surface area contributed by atoms with Gasteiger partial charge in [0.05, 0.1) is 46.5 Å². The number of anilines is 3. The summed E-state index contributed by atoms with van der Waals surface area (Å²) in [5.41, 5.74) is 4.91. The van der Waals surface area contributed by atoms with Crippen LogP contribution in [0.25, 0.3) is 0 Å². The average Bonchev–Trinajstić information content (AvgIpc) is 3.05. The van der Waals surface area contributed by atoms with Gasteiger partial charge in [0.1, 0.15) is 11.9 Å². The maximum absolute atomic E-state index is 14.1. The Labute approximate surface area is 275 Å². The third-order valence-corrected chi connectivity index (χ3v) is 14.5. The lowest BCUT2D eigenvalue weighted by Crippen LogP contribution is -2.58. The van der Waals surface area contributed by atoms with Crippen molar-refractivity contribution in [1.29, 1.82) is 5.26 Å². The Kier molecular flexibility index (Phi) is 10.0. The normalized spacial score (nSPS) is 18.0. The smallest absolute Gasteiger partial charge is 0.255 e. The van der Waals surface area contributed by atoms with Crippen LogP contribution in [0.5, 0.6) is 0 Å². The first kappa shape index (κ1) is 33.4. The van der Waals surface area contributed by atoms with Gasteiger partial charge in [-0.1, -0.05) is 39.0 Å².